The largest absolute Gasteiger partial charge is 0.445 e. The van der Waals surface area contributed by atoms with Crippen LogP contribution < -0.4 is 5.32 Å². The van der Waals surface area contributed by atoms with Crippen LogP contribution in [0.2, 0.25) is 0 Å². The number of carbonyl (C=O) groups is 2. The fraction of sp³-hybridized carbons (Fsp3) is 0.125. The molecule has 0 aliphatic carbocycles. The minimum absolute atomic E-state index is 0.254. The molecular formula is C16H15NO3S. The third-order valence-electron chi connectivity index (χ3n) is 2.64. The van der Waals surface area contributed by atoms with Crippen molar-refractivity contribution in [1.82, 2.24) is 5.32 Å². The summed E-state index contributed by atoms with van der Waals surface area (Å²) in [5.74, 6) is 0. The molecule has 0 fully saturated rings. The lowest BCUT2D eigenvalue weighted by Gasteiger charge is -2.05. The first-order valence-electron chi connectivity index (χ1n) is 6.43. The van der Waals surface area contributed by atoms with Crippen molar-refractivity contribution in [2.45, 2.75) is 6.61 Å². The summed E-state index contributed by atoms with van der Waals surface area (Å²) < 4.78 is 5.07. The molecule has 0 bridgehead atoms. The topological polar surface area (TPSA) is 55.4 Å². The van der Waals surface area contributed by atoms with E-state index in [-0.39, 0.29) is 6.61 Å². The van der Waals surface area contributed by atoms with E-state index in [9.17, 15) is 9.59 Å². The molecule has 0 saturated carbocycles. The molecule has 1 heterocycles. The van der Waals surface area contributed by atoms with E-state index in [4.69, 9.17) is 4.74 Å². The first-order valence-corrected chi connectivity index (χ1v) is 7.30. The Morgan fingerprint density at radius 1 is 1.29 bits per heavy atom. The zero-order valence-electron chi connectivity index (χ0n) is 11.3. The van der Waals surface area contributed by atoms with E-state index in [1.165, 1.54) is 11.3 Å². The molecule has 1 aromatic carbocycles. The SMILES string of the molecule is O=Cc1cc(C=CCNC(=O)OCc2ccccc2)cs1. The zero-order valence-corrected chi connectivity index (χ0v) is 12.1. The van der Waals surface area contributed by atoms with Gasteiger partial charge >= 0.3 is 6.09 Å². The van der Waals surface area contributed by atoms with Crippen LogP contribution in [0.25, 0.3) is 6.08 Å². The van der Waals surface area contributed by atoms with Gasteiger partial charge in [0.25, 0.3) is 0 Å². The highest BCUT2D eigenvalue weighted by Gasteiger charge is 2.00. The van der Waals surface area contributed by atoms with Gasteiger partial charge in [-0.2, -0.15) is 0 Å². The summed E-state index contributed by atoms with van der Waals surface area (Å²) in [5.41, 5.74) is 1.89. The maximum Gasteiger partial charge on any atom is 0.407 e. The van der Waals surface area contributed by atoms with E-state index in [0.717, 1.165) is 17.4 Å². The van der Waals surface area contributed by atoms with Gasteiger partial charge in [0.1, 0.15) is 6.61 Å². The molecule has 0 aliphatic rings. The highest BCUT2D eigenvalue weighted by atomic mass is 32.1. The second-order valence-corrected chi connectivity index (χ2v) is 5.19. The fourth-order valence-corrected chi connectivity index (χ4v) is 2.31. The summed E-state index contributed by atoms with van der Waals surface area (Å²) in [5, 5.41) is 4.51. The molecule has 4 nitrogen and oxygen atoms in total. The predicted molar refractivity (Wildman–Crippen MR) is 83.4 cm³/mol. The lowest BCUT2D eigenvalue weighted by Crippen LogP contribution is -2.24. The number of amides is 1. The minimum atomic E-state index is -0.456. The van der Waals surface area contributed by atoms with Crippen molar-refractivity contribution in [2.24, 2.45) is 0 Å². The van der Waals surface area contributed by atoms with Gasteiger partial charge in [0.15, 0.2) is 6.29 Å². The molecule has 0 aliphatic heterocycles. The van der Waals surface area contributed by atoms with Gasteiger partial charge in [0.05, 0.1) is 4.88 Å². The van der Waals surface area contributed by atoms with E-state index < -0.39 is 6.09 Å². The normalized spacial score (nSPS) is 10.5. The van der Waals surface area contributed by atoms with Crippen molar-refractivity contribution in [3.63, 3.8) is 0 Å². The Hall–Kier alpha value is -2.40. The van der Waals surface area contributed by atoms with Gasteiger partial charge in [0.2, 0.25) is 0 Å². The molecule has 0 spiro atoms. The van der Waals surface area contributed by atoms with Gasteiger partial charge in [-0.3, -0.25) is 4.79 Å². The number of nitrogens with one attached hydrogen (secondary N) is 1. The zero-order chi connectivity index (χ0) is 14.9. The smallest absolute Gasteiger partial charge is 0.407 e. The number of aldehydes is 1. The predicted octanol–water partition coefficient (Wildman–Crippen LogP) is 3.50. The highest BCUT2D eigenvalue weighted by molar-refractivity contribution is 7.11. The molecular weight excluding hydrogens is 286 g/mol. The number of rotatable bonds is 6. The average molecular weight is 301 g/mol. The fourth-order valence-electron chi connectivity index (χ4n) is 1.63. The molecule has 0 atom stereocenters. The molecule has 2 aromatic rings. The van der Waals surface area contributed by atoms with Crippen LogP contribution in [-0.4, -0.2) is 18.9 Å². The first-order chi connectivity index (χ1) is 10.3. The maximum atomic E-state index is 11.5. The summed E-state index contributed by atoms with van der Waals surface area (Å²) in [6, 6.07) is 11.3. The molecule has 5 heteroatoms. The van der Waals surface area contributed by atoms with E-state index >= 15 is 0 Å². The van der Waals surface area contributed by atoms with Gasteiger partial charge < -0.3 is 10.1 Å². The molecule has 0 saturated heterocycles. The van der Waals surface area contributed by atoms with Crippen LogP contribution in [-0.2, 0) is 11.3 Å². The molecule has 21 heavy (non-hydrogen) atoms. The van der Waals surface area contributed by atoms with Gasteiger partial charge in [-0.1, -0.05) is 42.5 Å². The van der Waals surface area contributed by atoms with Crippen molar-refractivity contribution < 1.29 is 14.3 Å². The monoisotopic (exact) mass is 301 g/mol. The number of thiophene rings is 1. The van der Waals surface area contributed by atoms with Crippen molar-refractivity contribution in [1.29, 1.82) is 0 Å². The number of hydrogen-bond donors (Lipinski definition) is 1. The lowest BCUT2D eigenvalue weighted by atomic mass is 10.2. The molecule has 1 aromatic heterocycles. The number of carbonyl (C=O) groups excluding carboxylic acids is 2. The number of ether oxygens (including phenoxy) is 1. The Kier molecular flexibility index (Phi) is 5.72. The van der Waals surface area contributed by atoms with Crippen molar-refractivity contribution in [2.75, 3.05) is 6.54 Å². The van der Waals surface area contributed by atoms with Crippen LogP contribution in [0, 0.1) is 0 Å². The Morgan fingerprint density at radius 3 is 2.81 bits per heavy atom. The Morgan fingerprint density at radius 2 is 2.10 bits per heavy atom. The molecule has 0 unspecified atom stereocenters. The Balaban J connectivity index is 1.68. The van der Waals surface area contributed by atoms with Gasteiger partial charge in [0, 0.05) is 6.54 Å². The number of hydrogen-bond acceptors (Lipinski definition) is 4. The first kappa shape index (κ1) is 15.0. The summed E-state index contributed by atoms with van der Waals surface area (Å²) >= 11 is 1.39. The van der Waals surface area contributed by atoms with Crippen LogP contribution >= 0.6 is 11.3 Å². The van der Waals surface area contributed by atoms with Crippen LogP contribution in [0.1, 0.15) is 20.8 Å². The second-order valence-electron chi connectivity index (χ2n) is 4.25. The summed E-state index contributed by atoms with van der Waals surface area (Å²) in [7, 11) is 0. The van der Waals surface area contributed by atoms with Crippen LogP contribution in [0.3, 0.4) is 0 Å². The van der Waals surface area contributed by atoms with Crippen LogP contribution in [0.5, 0.6) is 0 Å². The Labute approximate surface area is 127 Å². The molecule has 2 rings (SSSR count). The average Bonchev–Trinajstić information content (AvgIpc) is 2.98. The summed E-state index contributed by atoms with van der Waals surface area (Å²) in [6.07, 6.45) is 4.02. The third-order valence-corrected chi connectivity index (χ3v) is 3.52. The molecule has 108 valence electrons. The number of alkyl carbamates (subject to hydrolysis) is 1. The van der Waals surface area contributed by atoms with E-state index in [1.54, 1.807) is 12.1 Å². The molecule has 1 N–H and O–H groups in total. The third kappa shape index (κ3) is 5.24. The highest BCUT2D eigenvalue weighted by Crippen LogP contribution is 2.13. The quantitative estimate of drug-likeness (QED) is 0.831. The van der Waals surface area contributed by atoms with Gasteiger partial charge in [-0.25, -0.2) is 4.79 Å². The summed E-state index contributed by atoms with van der Waals surface area (Å²) in [6.45, 7) is 0.628. The standard InChI is InChI=1S/C16H15NO3S/c18-10-15-9-14(12-21-15)7-4-8-17-16(19)20-11-13-5-2-1-3-6-13/h1-7,9-10,12H,8,11H2,(H,17,19). The second kappa shape index (κ2) is 8.01. The Bertz CT molecular complexity index is 619. The van der Waals surface area contributed by atoms with E-state index in [2.05, 4.69) is 5.32 Å². The minimum Gasteiger partial charge on any atom is -0.445 e. The van der Waals surface area contributed by atoms with E-state index in [1.807, 2.05) is 41.8 Å². The van der Waals surface area contributed by atoms with Gasteiger partial charge in [-0.05, 0) is 22.6 Å². The molecule has 1 amide bonds. The van der Waals surface area contributed by atoms with Crippen molar-refractivity contribution in [3.05, 3.63) is 63.9 Å². The lowest BCUT2D eigenvalue weighted by molar-refractivity contribution is 0.112. The van der Waals surface area contributed by atoms with Gasteiger partial charge in [-0.15, -0.1) is 11.3 Å². The number of benzene rings is 1. The maximum absolute atomic E-state index is 11.5. The molecule has 0 radical (unpaired) electrons. The van der Waals surface area contributed by atoms with Crippen molar-refractivity contribution in [3.8, 4) is 0 Å². The van der Waals surface area contributed by atoms with Crippen LogP contribution in [0.15, 0.2) is 47.9 Å². The van der Waals surface area contributed by atoms with Crippen molar-refractivity contribution >= 4 is 29.8 Å². The van der Waals surface area contributed by atoms with E-state index in [0.29, 0.717) is 11.4 Å². The van der Waals surface area contributed by atoms with Crippen LogP contribution in [0.4, 0.5) is 4.79 Å². The summed E-state index contributed by atoms with van der Waals surface area (Å²) in [4.78, 5) is 22.7.